The fraction of sp³-hybridized carbons (Fsp3) is 0.500. The van der Waals surface area contributed by atoms with Crippen LogP contribution in [0.3, 0.4) is 0 Å². The molecule has 2 rings (SSSR count). The molecule has 0 radical (unpaired) electrons. The van der Waals surface area contributed by atoms with Crippen LogP contribution in [0.1, 0.15) is 6.42 Å². The lowest BCUT2D eigenvalue weighted by Crippen LogP contribution is -2.46. The Morgan fingerprint density at radius 3 is 2.75 bits per heavy atom. The summed E-state index contributed by atoms with van der Waals surface area (Å²) in [6.45, 7) is 1.46. The summed E-state index contributed by atoms with van der Waals surface area (Å²) in [5.74, 6) is 1.39. The molecule has 0 bridgehead atoms. The van der Waals surface area contributed by atoms with Crippen LogP contribution in [0.4, 0.5) is 0 Å². The van der Waals surface area contributed by atoms with Gasteiger partial charge in [0.2, 0.25) is 0 Å². The minimum atomic E-state index is -0.460. The highest BCUT2D eigenvalue weighted by atomic mass is 16.5. The maximum Gasteiger partial charge on any atom is 0.161 e. The highest BCUT2D eigenvalue weighted by Crippen LogP contribution is 2.28. The molecular formula is C12H17NO3. The molecule has 1 heterocycles. The van der Waals surface area contributed by atoms with Crippen molar-refractivity contribution >= 4 is 0 Å². The molecule has 2 unspecified atom stereocenters. The quantitative estimate of drug-likeness (QED) is 0.795. The number of methoxy groups -OCH3 is 1. The zero-order chi connectivity index (χ0) is 11.4. The number of β-amino-alcohol motifs (C(OH)–C–C–N with tert-alkyl or cyclic N) is 1. The lowest BCUT2D eigenvalue weighted by atomic mass is 10.1. The van der Waals surface area contributed by atoms with E-state index in [1.54, 1.807) is 7.11 Å². The van der Waals surface area contributed by atoms with Gasteiger partial charge in [-0.15, -0.1) is 0 Å². The number of benzene rings is 1. The molecule has 1 aliphatic heterocycles. The topological polar surface area (TPSA) is 50.7 Å². The third-order valence-corrected chi connectivity index (χ3v) is 2.74. The second kappa shape index (κ2) is 5.18. The first-order valence-corrected chi connectivity index (χ1v) is 5.49. The van der Waals surface area contributed by atoms with Gasteiger partial charge in [0.05, 0.1) is 7.11 Å². The van der Waals surface area contributed by atoms with Crippen LogP contribution in [0.15, 0.2) is 24.3 Å². The number of ether oxygens (including phenoxy) is 2. The van der Waals surface area contributed by atoms with E-state index < -0.39 is 6.10 Å². The molecule has 1 aliphatic rings. The number of hydrogen-bond acceptors (Lipinski definition) is 4. The minimum absolute atomic E-state index is 0.155. The van der Waals surface area contributed by atoms with Crippen molar-refractivity contribution in [2.24, 2.45) is 0 Å². The molecule has 2 N–H and O–H groups in total. The van der Waals surface area contributed by atoms with E-state index in [1.807, 2.05) is 24.3 Å². The van der Waals surface area contributed by atoms with Crippen LogP contribution in [0.5, 0.6) is 11.5 Å². The minimum Gasteiger partial charge on any atom is -0.493 e. The number of para-hydroxylation sites is 2. The SMILES string of the molecule is COc1ccccc1OC1CCNCC1O. The molecule has 1 saturated heterocycles. The van der Waals surface area contributed by atoms with E-state index in [2.05, 4.69) is 5.32 Å². The van der Waals surface area contributed by atoms with E-state index in [0.717, 1.165) is 13.0 Å². The molecule has 16 heavy (non-hydrogen) atoms. The van der Waals surface area contributed by atoms with Crippen molar-refractivity contribution in [3.8, 4) is 11.5 Å². The predicted molar refractivity (Wildman–Crippen MR) is 60.9 cm³/mol. The molecule has 1 fully saturated rings. The molecule has 1 aromatic carbocycles. The Kier molecular flexibility index (Phi) is 3.64. The molecule has 4 nitrogen and oxygen atoms in total. The summed E-state index contributed by atoms with van der Waals surface area (Å²) in [5, 5.41) is 12.9. The molecule has 1 aromatic rings. The first kappa shape index (κ1) is 11.2. The predicted octanol–water partition coefficient (Wildman–Crippen LogP) is 0.797. The zero-order valence-corrected chi connectivity index (χ0v) is 9.35. The van der Waals surface area contributed by atoms with Gasteiger partial charge in [-0.3, -0.25) is 0 Å². The van der Waals surface area contributed by atoms with Crippen LogP contribution in [-0.4, -0.2) is 37.5 Å². The van der Waals surface area contributed by atoms with Gasteiger partial charge in [0.25, 0.3) is 0 Å². The number of rotatable bonds is 3. The molecule has 0 aliphatic carbocycles. The van der Waals surface area contributed by atoms with Crippen LogP contribution in [0, 0.1) is 0 Å². The van der Waals surface area contributed by atoms with Gasteiger partial charge in [-0.1, -0.05) is 12.1 Å². The summed E-state index contributed by atoms with van der Waals surface area (Å²) in [6.07, 6.45) is 0.190. The Morgan fingerprint density at radius 1 is 1.31 bits per heavy atom. The summed E-state index contributed by atoms with van der Waals surface area (Å²) < 4.78 is 11.0. The largest absolute Gasteiger partial charge is 0.493 e. The van der Waals surface area contributed by atoms with Crippen molar-refractivity contribution in [2.45, 2.75) is 18.6 Å². The molecular weight excluding hydrogens is 206 g/mol. The van der Waals surface area contributed by atoms with Gasteiger partial charge in [0.1, 0.15) is 12.2 Å². The number of hydrogen-bond donors (Lipinski definition) is 2. The van der Waals surface area contributed by atoms with Crippen molar-refractivity contribution in [3.05, 3.63) is 24.3 Å². The van der Waals surface area contributed by atoms with Crippen LogP contribution in [-0.2, 0) is 0 Å². The number of aliphatic hydroxyl groups excluding tert-OH is 1. The van der Waals surface area contributed by atoms with Gasteiger partial charge in [-0.25, -0.2) is 0 Å². The Labute approximate surface area is 95.2 Å². The summed E-state index contributed by atoms with van der Waals surface area (Å²) in [7, 11) is 1.61. The smallest absolute Gasteiger partial charge is 0.161 e. The molecule has 0 amide bonds. The Hall–Kier alpha value is -1.26. The maximum atomic E-state index is 9.77. The standard InChI is InChI=1S/C12H17NO3/c1-15-11-4-2-3-5-12(11)16-10-6-7-13-8-9(10)14/h2-5,9-10,13-14H,6-8H2,1H3. The first-order valence-electron chi connectivity index (χ1n) is 5.49. The van der Waals surface area contributed by atoms with E-state index >= 15 is 0 Å². The van der Waals surface area contributed by atoms with Crippen molar-refractivity contribution < 1.29 is 14.6 Å². The third-order valence-electron chi connectivity index (χ3n) is 2.74. The summed E-state index contributed by atoms with van der Waals surface area (Å²) in [4.78, 5) is 0. The fourth-order valence-electron chi connectivity index (χ4n) is 1.83. The first-order chi connectivity index (χ1) is 7.81. The van der Waals surface area contributed by atoms with E-state index in [0.29, 0.717) is 18.0 Å². The number of aliphatic hydroxyl groups is 1. The Morgan fingerprint density at radius 2 is 2.06 bits per heavy atom. The fourth-order valence-corrected chi connectivity index (χ4v) is 1.83. The van der Waals surface area contributed by atoms with Gasteiger partial charge >= 0.3 is 0 Å². The van der Waals surface area contributed by atoms with Gasteiger partial charge in [0.15, 0.2) is 11.5 Å². The van der Waals surface area contributed by atoms with Crippen LogP contribution in [0.2, 0.25) is 0 Å². The van der Waals surface area contributed by atoms with E-state index in [-0.39, 0.29) is 6.10 Å². The van der Waals surface area contributed by atoms with Crippen LogP contribution in [0.25, 0.3) is 0 Å². The lowest BCUT2D eigenvalue weighted by molar-refractivity contribution is 0.0150. The van der Waals surface area contributed by atoms with Gasteiger partial charge in [-0.2, -0.15) is 0 Å². The van der Waals surface area contributed by atoms with Crippen LogP contribution < -0.4 is 14.8 Å². The number of piperidine rings is 1. The maximum absolute atomic E-state index is 9.77. The normalized spacial score (nSPS) is 25.1. The van der Waals surface area contributed by atoms with Gasteiger partial charge in [0, 0.05) is 6.54 Å². The molecule has 2 atom stereocenters. The Bertz CT molecular complexity index is 343. The lowest BCUT2D eigenvalue weighted by Gasteiger charge is -2.29. The molecule has 88 valence electrons. The molecule has 0 saturated carbocycles. The second-order valence-corrected chi connectivity index (χ2v) is 3.87. The highest BCUT2D eigenvalue weighted by molar-refractivity contribution is 5.39. The van der Waals surface area contributed by atoms with Crippen molar-refractivity contribution in [3.63, 3.8) is 0 Å². The summed E-state index contributed by atoms with van der Waals surface area (Å²) >= 11 is 0. The highest BCUT2D eigenvalue weighted by Gasteiger charge is 2.25. The summed E-state index contributed by atoms with van der Waals surface area (Å²) in [5.41, 5.74) is 0. The molecule has 0 spiro atoms. The van der Waals surface area contributed by atoms with Crippen molar-refractivity contribution in [1.82, 2.24) is 5.32 Å². The zero-order valence-electron chi connectivity index (χ0n) is 9.35. The van der Waals surface area contributed by atoms with Crippen molar-refractivity contribution in [2.75, 3.05) is 20.2 Å². The molecule has 4 heteroatoms. The summed E-state index contributed by atoms with van der Waals surface area (Å²) in [6, 6.07) is 7.49. The second-order valence-electron chi connectivity index (χ2n) is 3.87. The van der Waals surface area contributed by atoms with Crippen LogP contribution >= 0.6 is 0 Å². The van der Waals surface area contributed by atoms with E-state index in [4.69, 9.17) is 9.47 Å². The Balaban J connectivity index is 2.07. The average molecular weight is 223 g/mol. The van der Waals surface area contributed by atoms with Crippen molar-refractivity contribution in [1.29, 1.82) is 0 Å². The van der Waals surface area contributed by atoms with E-state index in [1.165, 1.54) is 0 Å². The van der Waals surface area contributed by atoms with Gasteiger partial charge < -0.3 is 19.9 Å². The number of nitrogens with one attached hydrogen (secondary N) is 1. The van der Waals surface area contributed by atoms with E-state index in [9.17, 15) is 5.11 Å². The monoisotopic (exact) mass is 223 g/mol. The molecule has 0 aromatic heterocycles. The third kappa shape index (κ3) is 2.46. The average Bonchev–Trinajstić information content (AvgIpc) is 2.33. The van der Waals surface area contributed by atoms with Gasteiger partial charge in [-0.05, 0) is 25.1 Å².